The molecule has 3 aromatic rings. The first-order valence-corrected chi connectivity index (χ1v) is 14.7. The summed E-state index contributed by atoms with van der Waals surface area (Å²) in [7, 11) is 0. The van der Waals surface area contributed by atoms with Crippen molar-refractivity contribution in [1.82, 2.24) is 19.9 Å². The smallest absolute Gasteiger partial charge is 0.404 e. The number of carboxylic acid groups (broad SMARTS) is 1. The van der Waals surface area contributed by atoms with Crippen LogP contribution in [0.5, 0.6) is 0 Å². The molecule has 232 valence electrons. The van der Waals surface area contributed by atoms with E-state index in [9.17, 15) is 32.3 Å². The van der Waals surface area contributed by atoms with Gasteiger partial charge in [0.25, 0.3) is 0 Å². The van der Waals surface area contributed by atoms with E-state index >= 15 is 0 Å². The lowest BCUT2D eigenvalue weighted by atomic mass is 9.97. The second kappa shape index (κ2) is 13.2. The second-order valence-electron chi connectivity index (χ2n) is 10.6. The molecule has 4 heterocycles. The molecule has 0 bridgehead atoms. The van der Waals surface area contributed by atoms with Crippen LogP contribution in [-0.4, -0.2) is 68.6 Å². The maximum Gasteiger partial charge on any atom is 0.404 e. The van der Waals surface area contributed by atoms with Crippen LogP contribution in [0.3, 0.4) is 0 Å². The number of nitrogens with zero attached hydrogens (tertiary/aromatic N) is 5. The summed E-state index contributed by atoms with van der Waals surface area (Å²) < 4.78 is 55.5. The van der Waals surface area contributed by atoms with Crippen LogP contribution < -0.4 is 4.90 Å². The number of hydrogen-bond donors (Lipinski definition) is 1. The van der Waals surface area contributed by atoms with Gasteiger partial charge < -0.3 is 10.0 Å². The van der Waals surface area contributed by atoms with Gasteiger partial charge in [0.05, 0.1) is 30.4 Å². The van der Waals surface area contributed by atoms with Crippen molar-refractivity contribution in [2.24, 2.45) is 5.92 Å². The highest BCUT2D eigenvalue weighted by Gasteiger charge is 2.46. The van der Waals surface area contributed by atoms with Gasteiger partial charge in [0.15, 0.2) is 5.78 Å². The molecule has 14 heteroatoms. The van der Waals surface area contributed by atoms with E-state index < -0.39 is 24.0 Å². The molecule has 0 saturated carbocycles. The van der Waals surface area contributed by atoms with Crippen LogP contribution in [0.2, 0.25) is 5.02 Å². The summed E-state index contributed by atoms with van der Waals surface area (Å²) in [6.45, 7) is 2.76. The Morgan fingerprint density at radius 3 is 2.44 bits per heavy atom. The number of Topliss-reactive ketones (excluding diaryl/α,β-unsaturated/α-hetero) is 1. The topological polar surface area (TPSA) is 99.5 Å². The maximum absolute atomic E-state index is 14.6. The lowest BCUT2D eigenvalue weighted by Gasteiger charge is -2.30. The maximum atomic E-state index is 14.6. The fourth-order valence-corrected chi connectivity index (χ4v) is 6.70. The minimum absolute atomic E-state index is 0. The number of aliphatic carboxylic acids is 1. The first kappa shape index (κ1) is 32.7. The number of aromatic nitrogens is 3. The molecule has 1 N–H and O–H groups in total. The SMILES string of the molecule is C.Cc1c(F)cc(-c2nc(CC(=O)c3cnc(N4CCC(C(=O)O)CC4)cn3)sc2CN2CCC[C@H]2C(F)(F)F)cc1Cl. The van der Waals surface area contributed by atoms with Crippen LogP contribution in [0.25, 0.3) is 11.3 Å². The predicted molar refractivity (Wildman–Crippen MR) is 156 cm³/mol. The number of carbonyl (C=O) groups is 2. The molecular weight excluding hydrogens is 610 g/mol. The molecule has 43 heavy (non-hydrogen) atoms. The summed E-state index contributed by atoms with van der Waals surface area (Å²) in [6, 6.07) is 1.19. The first-order chi connectivity index (χ1) is 19.9. The van der Waals surface area contributed by atoms with Gasteiger partial charge in [-0.1, -0.05) is 19.0 Å². The Morgan fingerprint density at radius 2 is 1.84 bits per heavy atom. The van der Waals surface area contributed by atoms with Crippen LogP contribution in [0, 0.1) is 18.7 Å². The minimum Gasteiger partial charge on any atom is -0.481 e. The van der Waals surface area contributed by atoms with Gasteiger partial charge in [-0.2, -0.15) is 13.2 Å². The number of carbonyl (C=O) groups excluding carboxylic acids is 1. The molecule has 0 spiro atoms. The molecule has 0 unspecified atom stereocenters. The largest absolute Gasteiger partial charge is 0.481 e. The molecule has 2 saturated heterocycles. The summed E-state index contributed by atoms with van der Waals surface area (Å²) in [4.78, 5) is 41.2. The van der Waals surface area contributed by atoms with E-state index in [4.69, 9.17) is 11.6 Å². The van der Waals surface area contributed by atoms with E-state index in [0.29, 0.717) is 59.3 Å². The average molecular weight is 642 g/mol. The van der Waals surface area contributed by atoms with E-state index in [1.165, 1.54) is 36.4 Å². The number of rotatable bonds is 8. The predicted octanol–water partition coefficient (Wildman–Crippen LogP) is 6.59. The van der Waals surface area contributed by atoms with Crippen molar-refractivity contribution in [3.05, 3.63) is 56.5 Å². The minimum atomic E-state index is -4.38. The average Bonchev–Trinajstić information content (AvgIpc) is 3.59. The van der Waals surface area contributed by atoms with Crippen molar-refractivity contribution in [3.8, 4) is 11.3 Å². The zero-order chi connectivity index (χ0) is 30.2. The standard InChI is InChI=1S/C28H28ClF4N5O3S.CH4/c1-15-18(29)9-17(10-19(15)30)26-22(14-38-6-2-3-23(38)28(31,32)33)42-25(36-26)11-21(39)20-12-35-24(13-34-20)37-7-4-16(5-8-37)27(40)41;/h9-10,12-13,16,23H,2-8,11,14H2,1H3,(H,40,41);1H4/t23-;/m0./s1. The zero-order valence-electron chi connectivity index (χ0n) is 22.6. The fourth-order valence-electron chi connectivity index (χ4n) is 5.37. The van der Waals surface area contributed by atoms with Crippen LogP contribution in [0.4, 0.5) is 23.4 Å². The number of benzene rings is 1. The normalized spacial score (nSPS) is 18.1. The highest BCUT2D eigenvalue weighted by molar-refractivity contribution is 7.12. The lowest BCUT2D eigenvalue weighted by molar-refractivity contribution is -0.177. The number of piperidine rings is 1. The summed E-state index contributed by atoms with van der Waals surface area (Å²) in [5.74, 6) is -1.61. The van der Waals surface area contributed by atoms with Gasteiger partial charge in [0.2, 0.25) is 0 Å². The summed E-state index contributed by atoms with van der Waals surface area (Å²) in [6.07, 6.45) is -0.344. The fraction of sp³-hybridized carbons (Fsp3) is 0.483. The molecule has 8 nitrogen and oxygen atoms in total. The Labute approximate surface area is 255 Å². The van der Waals surface area contributed by atoms with E-state index in [2.05, 4.69) is 15.0 Å². The number of halogens is 5. The lowest BCUT2D eigenvalue weighted by Crippen LogP contribution is -2.40. The van der Waals surface area contributed by atoms with E-state index in [1.807, 2.05) is 4.90 Å². The molecular formula is C29H32ClF4N5O3S. The van der Waals surface area contributed by atoms with Gasteiger partial charge in [0.1, 0.15) is 28.4 Å². The van der Waals surface area contributed by atoms with Gasteiger partial charge in [0, 0.05) is 40.7 Å². The van der Waals surface area contributed by atoms with Crippen molar-refractivity contribution in [2.45, 2.75) is 65.2 Å². The molecule has 1 aromatic carbocycles. The van der Waals surface area contributed by atoms with Crippen molar-refractivity contribution in [3.63, 3.8) is 0 Å². The summed E-state index contributed by atoms with van der Waals surface area (Å²) in [5.41, 5.74) is 0.963. The molecule has 2 aromatic heterocycles. The van der Waals surface area contributed by atoms with Crippen molar-refractivity contribution in [1.29, 1.82) is 0 Å². The van der Waals surface area contributed by atoms with Crippen molar-refractivity contribution in [2.75, 3.05) is 24.5 Å². The third kappa shape index (κ3) is 7.32. The van der Waals surface area contributed by atoms with Gasteiger partial charge >= 0.3 is 12.1 Å². The van der Waals surface area contributed by atoms with Gasteiger partial charge in [-0.25, -0.2) is 19.3 Å². The zero-order valence-corrected chi connectivity index (χ0v) is 24.2. The van der Waals surface area contributed by atoms with Crippen LogP contribution in [0.15, 0.2) is 24.5 Å². The number of thiazole rings is 1. The quantitative estimate of drug-likeness (QED) is 0.217. The molecule has 1 atom stereocenters. The van der Waals surface area contributed by atoms with Crippen LogP contribution >= 0.6 is 22.9 Å². The third-order valence-electron chi connectivity index (χ3n) is 7.79. The molecule has 2 aliphatic heterocycles. The van der Waals surface area contributed by atoms with Gasteiger partial charge in [-0.15, -0.1) is 11.3 Å². The van der Waals surface area contributed by atoms with Crippen molar-refractivity contribution >= 4 is 40.5 Å². The number of hydrogen-bond acceptors (Lipinski definition) is 8. The Morgan fingerprint density at radius 1 is 1.12 bits per heavy atom. The first-order valence-electron chi connectivity index (χ1n) is 13.5. The third-order valence-corrected chi connectivity index (χ3v) is 9.22. The Hall–Kier alpha value is -3.16. The number of anilines is 1. The monoisotopic (exact) mass is 641 g/mol. The number of alkyl halides is 3. The van der Waals surface area contributed by atoms with E-state index in [-0.39, 0.29) is 61.3 Å². The second-order valence-corrected chi connectivity index (χ2v) is 12.1. The van der Waals surface area contributed by atoms with Crippen LogP contribution in [-0.2, 0) is 17.8 Å². The van der Waals surface area contributed by atoms with E-state index in [0.717, 1.165) is 11.3 Å². The Kier molecular flexibility index (Phi) is 10.1. The summed E-state index contributed by atoms with van der Waals surface area (Å²) in [5, 5.41) is 9.71. The molecule has 0 amide bonds. The Balaban J connectivity index is 0.00000423. The molecule has 2 fully saturated rings. The molecule has 0 aliphatic carbocycles. The van der Waals surface area contributed by atoms with Crippen LogP contribution in [0.1, 0.15) is 59.0 Å². The molecule has 0 radical (unpaired) electrons. The Bertz CT molecular complexity index is 1450. The summed E-state index contributed by atoms with van der Waals surface area (Å²) >= 11 is 7.32. The molecule has 5 rings (SSSR count). The highest BCUT2D eigenvalue weighted by atomic mass is 35.5. The number of ketones is 1. The van der Waals surface area contributed by atoms with Gasteiger partial charge in [-0.05, 0) is 51.3 Å². The molecule has 2 aliphatic rings. The highest BCUT2D eigenvalue weighted by Crippen LogP contribution is 2.38. The van der Waals surface area contributed by atoms with E-state index in [1.54, 1.807) is 0 Å². The number of likely N-dealkylation sites (tertiary alicyclic amines) is 1. The van der Waals surface area contributed by atoms with Gasteiger partial charge in [-0.3, -0.25) is 14.5 Å². The van der Waals surface area contributed by atoms with Crippen molar-refractivity contribution < 1.29 is 32.3 Å². The number of carboxylic acids is 1.